The quantitative estimate of drug-likeness (QED) is 0.714. The van der Waals surface area contributed by atoms with Crippen LogP contribution in [0.15, 0.2) is 54.2 Å². The van der Waals surface area contributed by atoms with E-state index < -0.39 is 0 Å². The number of anilines is 2. The molecule has 1 fully saturated rings. The maximum absolute atomic E-state index is 13.7. The molecule has 2 aliphatic rings. The van der Waals surface area contributed by atoms with Gasteiger partial charge in [0, 0.05) is 38.8 Å². The van der Waals surface area contributed by atoms with Crippen molar-refractivity contribution in [2.75, 3.05) is 43.4 Å². The van der Waals surface area contributed by atoms with Gasteiger partial charge in [0.15, 0.2) is 0 Å². The van der Waals surface area contributed by atoms with Gasteiger partial charge in [-0.3, -0.25) is 14.4 Å². The monoisotopic (exact) mass is 446 g/mol. The zero-order chi connectivity index (χ0) is 23.7. The Morgan fingerprint density at radius 2 is 1.48 bits per heavy atom. The molecule has 4 rings (SSSR count). The largest absolute Gasteiger partial charge is 0.364 e. The molecule has 33 heavy (non-hydrogen) atoms. The van der Waals surface area contributed by atoms with Gasteiger partial charge in [0.2, 0.25) is 5.91 Å². The van der Waals surface area contributed by atoms with Gasteiger partial charge < -0.3 is 15.1 Å². The van der Waals surface area contributed by atoms with E-state index in [1.807, 2.05) is 29.2 Å². The third kappa shape index (κ3) is 4.54. The lowest BCUT2D eigenvalue weighted by Crippen LogP contribution is -2.46. The van der Waals surface area contributed by atoms with Crippen LogP contribution in [0.25, 0.3) is 5.57 Å². The van der Waals surface area contributed by atoms with Crippen molar-refractivity contribution in [2.45, 2.75) is 26.7 Å². The van der Waals surface area contributed by atoms with E-state index in [2.05, 4.69) is 31.1 Å². The van der Waals surface area contributed by atoms with Gasteiger partial charge in [0.25, 0.3) is 11.8 Å². The van der Waals surface area contributed by atoms with Gasteiger partial charge in [-0.05, 0) is 48.4 Å². The van der Waals surface area contributed by atoms with Crippen LogP contribution in [-0.4, -0.2) is 60.7 Å². The predicted octanol–water partition coefficient (Wildman–Crippen LogP) is 3.30. The smallest absolute Gasteiger partial charge is 0.282 e. The van der Waals surface area contributed by atoms with Crippen LogP contribution in [0.3, 0.4) is 0 Å². The second kappa shape index (κ2) is 9.19. The normalized spacial score (nSPS) is 17.4. The van der Waals surface area contributed by atoms with Crippen LogP contribution in [0.2, 0.25) is 0 Å². The van der Waals surface area contributed by atoms with Gasteiger partial charge in [-0.2, -0.15) is 0 Å². The zero-order valence-corrected chi connectivity index (χ0v) is 19.6. The van der Waals surface area contributed by atoms with E-state index in [1.54, 1.807) is 24.3 Å². The molecule has 2 aromatic rings. The van der Waals surface area contributed by atoms with Crippen molar-refractivity contribution in [1.82, 2.24) is 9.80 Å². The third-order valence-corrected chi connectivity index (χ3v) is 6.19. The summed E-state index contributed by atoms with van der Waals surface area (Å²) in [6.07, 6.45) is 0. The van der Waals surface area contributed by atoms with Gasteiger partial charge in [-0.1, -0.05) is 38.1 Å². The number of carbonyl (C=O) groups is 3. The molecule has 0 atom stereocenters. The Balaban J connectivity index is 1.74. The molecule has 7 heteroatoms. The van der Waals surface area contributed by atoms with Gasteiger partial charge in [-0.15, -0.1) is 0 Å². The Kier molecular flexibility index (Phi) is 6.33. The second-order valence-electron chi connectivity index (χ2n) is 8.96. The van der Waals surface area contributed by atoms with E-state index in [0.29, 0.717) is 47.2 Å². The number of benzene rings is 2. The summed E-state index contributed by atoms with van der Waals surface area (Å²) in [5.74, 6) is -0.412. The summed E-state index contributed by atoms with van der Waals surface area (Å²) < 4.78 is 0. The van der Waals surface area contributed by atoms with Gasteiger partial charge in [0.05, 0.1) is 11.3 Å². The Morgan fingerprint density at radius 3 is 2.03 bits per heavy atom. The van der Waals surface area contributed by atoms with Crippen LogP contribution in [0.1, 0.15) is 37.8 Å². The standard InChI is InChI=1S/C26H30N4O3/c1-17(2)19-7-11-22(12-8-19)30-25(32)23(20-5-9-21(10-6-20)27-18(3)31)24(26(30)33)29-15-13-28(4)14-16-29/h5-12,17H,13-16H2,1-4H3,(H,27,31). The number of nitrogens with one attached hydrogen (secondary N) is 1. The zero-order valence-electron chi connectivity index (χ0n) is 19.6. The molecule has 172 valence electrons. The fraction of sp³-hybridized carbons (Fsp3) is 0.346. The lowest BCUT2D eigenvalue weighted by Gasteiger charge is -2.34. The Morgan fingerprint density at radius 1 is 0.879 bits per heavy atom. The maximum atomic E-state index is 13.7. The SMILES string of the molecule is CC(=O)Nc1ccc(C2=C(N3CCN(C)CC3)C(=O)N(c3ccc(C(C)C)cc3)C2=O)cc1. The molecule has 0 spiro atoms. The van der Waals surface area contributed by atoms with Gasteiger partial charge in [0.1, 0.15) is 5.70 Å². The molecule has 2 aromatic carbocycles. The minimum atomic E-state index is -0.321. The summed E-state index contributed by atoms with van der Waals surface area (Å²) in [6, 6.07) is 14.7. The molecule has 0 bridgehead atoms. The number of piperazine rings is 1. The number of nitrogens with zero attached hydrogens (tertiary/aromatic N) is 3. The van der Waals surface area contributed by atoms with Crippen molar-refractivity contribution in [3.63, 3.8) is 0 Å². The van der Waals surface area contributed by atoms with E-state index in [-0.39, 0.29) is 17.7 Å². The highest BCUT2D eigenvalue weighted by Gasteiger charge is 2.42. The third-order valence-electron chi connectivity index (χ3n) is 6.19. The summed E-state index contributed by atoms with van der Waals surface area (Å²) >= 11 is 0. The first-order valence-corrected chi connectivity index (χ1v) is 11.3. The van der Waals surface area contributed by atoms with Crippen molar-refractivity contribution in [2.24, 2.45) is 0 Å². The molecule has 0 aliphatic carbocycles. The highest BCUT2D eigenvalue weighted by molar-refractivity contribution is 6.45. The first kappa shape index (κ1) is 22.7. The summed E-state index contributed by atoms with van der Waals surface area (Å²) in [5, 5.41) is 2.74. The molecule has 0 aromatic heterocycles. The molecule has 3 amide bonds. The van der Waals surface area contributed by atoms with Crippen molar-refractivity contribution in [3.05, 3.63) is 65.4 Å². The molecular weight excluding hydrogens is 416 g/mol. The van der Waals surface area contributed by atoms with Crippen molar-refractivity contribution < 1.29 is 14.4 Å². The van der Waals surface area contributed by atoms with E-state index >= 15 is 0 Å². The average molecular weight is 447 g/mol. The minimum Gasteiger partial charge on any atom is -0.364 e. The van der Waals surface area contributed by atoms with Crippen LogP contribution >= 0.6 is 0 Å². The van der Waals surface area contributed by atoms with Crippen LogP contribution in [0.5, 0.6) is 0 Å². The summed E-state index contributed by atoms with van der Waals surface area (Å²) in [6.45, 7) is 8.67. The van der Waals surface area contributed by atoms with Crippen LogP contribution in [0, 0.1) is 0 Å². The molecule has 2 heterocycles. The van der Waals surface area contributed by atoms with E-state index in [9.17, 15) is 14.4 Å². The first-order valence-electron chi connectivity index (χ1n) is 11.3. The summed E-state index contributed by atoms with van der Waals surface area (Å²) in [5.41, 5.74) is 3.90. The second-order valence-corrected chi connectivity index (χ2v) is 8.96. The molecule has 1 saturated heterocycles. The van der Waals surface area contributed by atoms with Crippen molar-refractivity contribution >= 4 is 34.7 Å². The minimum absolute atomic E-state index is 0.164. The maximum Gasteiger partial charge on any atom is 0.282 e. The van der Waals surface area contributed by atoms with Crippen LogP contribution in [-0.2, 0) is 14.4 Å². The first-order chi connectivity index (χ1) is 15.8. The van der Waals surface area contributed by atoms with Gasteiger partial charge in [-0.25, -0.2) is 4.90 Å². The van der Waals surface area contributed by atoms with Gasteiger partial charge >= 0.3 is 0 Å². The molecule has 2 aliphatic heterocycles. The average Bonchev–Trinajstić information content (AvgIpc) is 3.04. The number of amides is 3. The summed E-state index contributed by atoms with van der Waals surface area (Å²) in [4.78, 5) is 44.2. The summed E-state index contributed by atoms with van der Waals surface area (Å²) in [7, 11) is 2.05. The molecule has 7 nitrogen and oxygen atoms in total. The predicted molar refractivity (Wildman–Crippen MR) is 130 cm³/mol. The number of hydrogen-bond acceptors (Lipinski definition) is 5. The number of imide groups is 1. The molecule has 0 saturated carbocycles. The van der Waals surface area contributed by atoms with Crippen molar-refractivity contribution in [3.8, 4) is 0 Å². The van der Waals surface area contributed by atoms with Crippen LogP contribution in [0.4, 0.5) is 11.4 Å². The van der Waals surface area contributed by atoms with Crippen molar-refractivity contribution in [1.29, 1.82) is 0 Å². The highest BCUT2D eigenvalue weighted by atomic mass is 16.2. The molecule has 0 radical (unpaired) electrons. The Labute approximate surface area is 194 Å². The fourth-order valence-corrected chi connectivity index (χ4v) is 4.27. The Bertz CT molecular complexity index is 1100. The topological polar surface area (TPSA) is 73.0 Å². The molecular formula is C26H30N4O3. The van der Waals surface area contributed by atoms with E-state index in [4.69, 9.17) is 0 Å². The van der Waals surface area contributed by atoms with Crippen LogP contribution < -0.4 is 10.2 Å². The van der Waals surface area contributed by atoms with E-state index in [0.717, 1.165) is 18.7 Å². The number of carbonyl (C=O) groups excluding carboxylic acids is 3. The lowest BCUT2D eigenvalue weighted by molar-refractivity contribution is -0.121. The lowest BCUT2D eigenvalue weighted by atomic mass is 10.0. The molecule has 1 N–H and O–H groups in total. The number of hydrogen-bond donors (Lipinski definition) is 1. The van der Waals surface area contributed by atoms with E-state index in [1.165, 1.54) is 11.8 Å². The fourth-order valence-electron chi connectivity index (χ4n) is 4.27. The number of likely N-dealkylation sites (N-methyl/N-ethyl adjacent to an activating group) is 1. The highest BCUT2D eigenvalue weighted by Crippen LogP contribution is 2.36. The Hall–Kier alpha value is -3.45. The number of rotatable bonds is 5. The molecule has 0 unspecified atom stereocenters.